The van der Waals surface area contributed by atoms with Gasteiger partial charge in [-0.25, -0.2) is 0 Å². The van der Waals surface area contributed by atoms with E-state index in [1.807, 2.05) is 32.0 Å². The molecule has 38 heavy (non-hydrogen) atoms. The second kappa shape index (κ2) is 12.3. The molecule has 5 rings (SSSR count). The average molecular weight is 543 g/mol. The zero-order valence-electron chi connectivity index (χ0n) is 21.3. The van der Waals surface area contributed by atoms with Crippen LogP contribution < -0.4 is 14.2 Å². The van der Waals surface area contributed by atoms with Gasteiger partial charge < -0.3 is 14.2 Å². The highest BCUT2D eigenvalue weighted by Crippen LogP contribution is 2.32. The van der Waals surface area contributed by atoms with Crippen molar-refractivity contribution in [2.24, 2.45) is 7.05 Å². The van der Waals surface area contributed by atoms with E-state index < -0.39 is 11.7 Å². The van der Waals surface area contributed by atoms with E-state index in [-0.39, 0.29) is 6.10 Å². The number of benzene rings is 2. The first-order chi connectivity index (χ1) is 18.2. The van der Waals surface area contributed by atoms with E-state index in [1.165, 1.54) is 28.3 Å². The smallest absolute Gasteiger partial charge is 0.416 e. The molecule has 1 N–H and O–H groups in total. The van der Waals surface area contributed by atoms with Crippen LogP contribution in [0.5, 0.6) is 11.6 Å². The third-order valence-corrected chi connectivity index (χ3v) is 6.35. The molecule has 200 valence electrons. The Balaban J connectivity index is 0.000000186. The van der Waals surface area contributed by atoms with Gasteiger partial charge in [-0.3, -0.25) is 4.68 Å². The summed E-state index contributed by atoms with van der Waals surface area (Å²) in [6.45, 7) is 4.79. The van der Waals surface area contributed by atoms with Crippen LogP contribution in [0.4, 0.5) is 19.0 Å². The number of halogens is 3. The maximum atomic E-state index is 12.5. The van der Waals surface area contributed by atoms with Crippen molar-refractivity contribution in [3.05, 3.63) is 84.1 Å². The molecule has 0 fully saturated rings. The van der Waals surface area contributed by atoms with E-state index in [1.54, 1.807) is 25.4 Å². The van der Waals surface area contributed by atoms with Crippen LogP contribution in [0.1, 0.15) is 31.4 Å². The predicted octanol–water partition coefficient (Wildman–Crippen LogP) is 7.42. The molecule has 0 spiro atoms. The number of hydrogen-bond acceptors (Lipinski definition) is 6. The summed E-state index contributed by atoms with van der Waals surface area (Å²) in [5, 5.41) is 3.92. The van der Waals surface area contributed by atoms with Gasteiger partial charge in [0.25, 0.3) is 0 Å². The first-order valence-electron chi connectivity index (χ1n) is 12.2. The Morgan fingerprint density at radius 1 is 1.05 bits per heavy atom. The number of anilines is 1. The second-order valence-electron chi connectivity index (χ2n) is 8.87. The van der Waals surface area contributed by atoms with E-state index >= 15 is 0 Å². The average Bonchev–Trinajstić information content (AvgIpc) is 3.33. The Morgan fingerprint density at radius 3 is 2.61 bits per heavy atom. The van der Waals surface area contributed by atoms with E-state index in [2.05, 4.69) is 33.0 Å². The summed E-state index contributed by atoms with van der Waals surface area (Å²) in [7, 11) is 1.69. The van der Waals surface area contributed by atoms with Crippen molar-refractivity contribution in [2.75, 3.05) is 11.3 Å². The Kier molecular flexibility index (Phi) is 8.83. The number of aryl methyl sites for hydroxylation is 2. The fourth-order valence-electron chi connectivity index (χ4n) is 3.79. The lowest BCUT2D eigenvalue weighted by atomic mass is 10.1. The molecule has 0 saturated heterocycles. The van der Waals surface area contributed by atoms with Crippen LogP contribution in [0.25, 0.3) is 11.3 Å². The molecule has 0 unspecified atom stereocenters. The molecule has 0 aliphatic carbocycles. The lowest BCUT2D eigenvalue weighted by Gasteiger charge is -2.17. The number of fused-ring (bicyclic) bond motifs is 1. The molecular weight excluding hydrogens is 513 g/mol. The molecular formula is C28H29F3N4O2S. The van der Waals surface area contributed by atoms with E-state index in [0.717, 1.165) is 48.0 Å². The third-order valence-electron chi connectivity index (χ3n) is 5.55. The number of aromatic nitrogens is 3. The van der Waals surface area contributed by atoms with Crippen molar-refractivity contribution in [2.45, 2.75) is 43.9 Å². The third kappa shape index (κ3) is 7.44. The fourth-order valence-corrected chi connectivity index (χ4v) is 4.42. The lowest BCUT2D eigenvalue weighted by Crippen LogP contribution is -2.08. The first kappa shape index (κ1) is 27.4. The predicted molar refractivity (Wildman–Crippen MR) is 143 cm³/mol. The van der Waals surface area contributed by atoms with Crippen LogP contribution in [0.15, 0.2) is 77.8 Å². The van der Waals surface area contributed by atoms with Gasteiger partial charge in [-0.05, 0) is 80.6 Å². The standard InChI is InChI=1S/C17H20N2O2S.C11H9F3N2/c1-12(2)21-17-7-3-6-16(18-17)19-22-14-9-8-13-5-4-10-20-15(13)11-14;1-16-10(5-6-15-16)8-3-2-4-9(7-8)11(12,13)14/h3,6-9,11-12H,4-5,10H2,1-2H3,(H,18,19);2-7H,1H3. The molecule has 0 radical (unpaired) electrons. The number of pyridine rings is 1. The van der Waals surface area contributed by atoms with Gasteiger partial charge in [0.2, 0.25) is 5.88 Å². The highest BCUT2D eigenvalue weighted by Gasteiger charge is 2.30. The van der Waals surface area contributed by atoms with Gasteiger partial charge in [0.15, 0.2) is 0 Å². The van der Waals surface area contributed by atoms with Crippen molar-refractivity contribution in [3.8, 4) is 22.9 Å². The first-order valence-corrected chi connectivity index (χ1v) is 13.0. The summed E-state index contributed by atoms with van der Waals surface area (Å²) in [4.78, 5) is 5.54. The normalized spacial score (nSPS) is 12.7. The van der Waals surface area contributed by atoms with Crippen molar-refractivity contribution in [3.63, 3.8) is 0 Å². The van der Waals surface area contributed by atoms with Gasteiger partial charge in [0.05, 0.1) is 24.0 Å². The molecule has 4 aromatic rings. The van der Waals surface area contributed by atoms with Crippen molar-refractivity contribution in [1.82, 2.24) is 14.8 Å². The van der Waals surface area contributed by atoms with Crippen LogP contribution in [-0.4, -0.2) is 27.5 Å². The minimum Gasteiger partial charge on any atom is -0.493 e. The number of hydrogen-bond donors (Lipinski definition) is 1. The van der Waals surface area contributed by atoms with E-state index in [4.69, 9.17) is 9.47 Å². The van der Waals surface area contributed by atoms with E-state index in [0.29, 0.717) is 17.1 Å². The zero-order chi connectivity index (χ0) is 27.1. The molecule has 6 nitrogen and oxygen atoms in total. The number of alkyl halides is 3. The summed E-state index contributed by atoms with van der Waals surface area (Å²) in [5.74, 6) is 2.42. The molecule has 0 bridgehead atoms. The summed E-state index contributed by atoms with van der Waals surface area (Å²) >= 11 is 1.53. The molecule has 0 atom stereocenters. The van der Waals surface area contributed by atoms with Gasteiger partial charge in [0.1, 0.15) is 11.6 Å². The Hall–Kier alpha value is -3.66. The second-order valence-corrected chi connectivity index (χ2v) is 9.75. The summed E-state index contributed by atoms with van der Waals surface area (Å²) in [6, 6.07) is 18.9. The van der Waals surface area contributed by atoms with Crippen LogP contribution in [0.3, 0.4) is 0 Å². The minimum atomic E-state index is -4.31. The largest absolute Gasteiger partial charge is 0.493 e. The molecule has 3 heterocycles. The molecule has 2 aromatic carbocycles. The van der Waals surface area contributed by atoms with Gasteiger partial charge in [-0.2, -0.15) is 23.3 Å². The Bertz CT molecular complexity index is 1360. The quantitative estimate of drug-likeness (QED) is 0.256. The van der Waals surface area contributed by atoms with Crippen molar-refractivity contribution in [1.29, 1.82) is 0 Å². The SMILES string of the molecule is CC(C)Oc1cccc(NSc2ccc3c(c2)OCCC3)n1.Cn1nccc1-c1cccc(C(F)(F)F)c1. The molecule has 0 saturated carbocycles. The van der Waals surface area contributed by atoms with Crippen LogP contribution >= 0.6 is 11.9 Å². The van der Waals surface area contributed by atoms with Gasteiger partial charge >= 0.3 is 6.18 Å². The highest BCUT2D eigenvalue weighted by molar-refractivity contribution is 8.00. The molecule has 10 heteroatoms. The van der Waals surface area contributed by atoms with Crippen LogP contribution in [0.2, 0.25) is 0 Å². The monoisotopic (exact) mass is 542 g/mol. The molecule has 0 amide bonds. The molecule has 2 aromatic heterocycles. The number of rotatable bonds is 6. The summed E-state index contributed by atoms with van der Waals surface area (Å²) < 4.78 is 53.6. The number of ether oxygens (including phenoxy) is 2. The van der Waals surface area contributed by atoms with Gasteiger partial charge in [0, 0.05) is 29.8 Å². The maximum Gasteiger partial charge on any atom is 0.416 e. The van der Waals surface area contributed by atoms with Crippen molar-refractivity contribution < 1.29 is 22.6 Å². The Morgan fingerprint density at radius 2 is 1.87 bits per heavy atom. The zero-order valence-corrected chi connectivity index (χ0v) is 22.1. The topological polar surface area (TPSA) is 61.2 Å². The number of nitrogens with one attached hydrogen (secondary N) is 1. The maximum absolute atomic E-state index is 12.5. The minimum absolute atomic E-state index is 0.119. The summed E-state index contributed by atoms with van der Waals surface area (Å²) in [5.41, 5.74) is 1.81. The molecule has 1 aliphatic heterocycles. The number of nitrogens with zero attached hydrogens (tertiary/aromatic N) is 3. The van der Waals surface area contributed by atoms with Gasteiger partial charge in [-0.15, -0.1) is 0 Å². The van der Waals surface area contributed by atoms with Crippen LogP contribution in [-0.2, 0) is 19.6 Å². The van der Waals surface area contributed by atoms with Crippen molar-refractivity contribution >= 4 is 17.8 Å². The van der Waals surface area contributed by atoms with Crippen LogP contribution in [0, 0.1) is 0 Å². The fraction of sp³-hybridized carbons (Fsp3) is 0.286. The Labute approximate surface area is 224 Å². The highest BCUT2D eigenvalue weighted by atomic mass is 32.2. The summed E-state index contributed by atoms with van der Waals surface area (Å²) in [6.07, 6.45) is -0.438. The lowest BCUT2D eigenvalue weighted by molar-refractivity contribution is -0.137. The van der Waals surface area contributed by atoms with Gasteiger partial charge in [-0.1, -0.05) is 24.3 Å². The molecule has 1 aliphatic rings. The van der Waals surface area contributed by atoms with E-state index in [9.17, 15) is 13.2 Å².